The highest BCUT2D eigenvalue weighted by molar-refractivity contribution is 7.88. The van der Waals surface area contributed by atoms with E-state index in [1.54, 1.807) is 18.3 Å². The molecule has 0 spiro atoms. The quantitative estimate of drug-likeness (QED) is 0.777. The van der Waals surface area contributed by atoms with Crippen molar-refractivity contribution in [2.45, 2.75) is 13.0 Å². The second kappa shape index (κ2) is 5.93. The first-order valence-electron chi connectivity index (χ1n) is 5.00. The molecule has 90 valence electrons. The van der Waals surface area contributed by atoms with Crippen molar-refractivity contribution in [2.24, 2.45) is 0 Å². The smallest absolute Gasteiger partial charge is 0.211 e. The minimum absolute atomic E-state index is 0.0196. The summed E-state index contributed by atoms with van der Waals surface area (Å²) in [6, 6.07) is 5.37. The van der Waals surface area contributed by atoms with E-state index >= 15 is 0 Å². The summed E-state index contributed by atoms with van der Waals surface area (Å²) in [7, 11) is -3.25. The van der Waals surface area contributed by atoms with Gasteiger partial charge in [-0.05, 0) is 18.6 Å². The van der Waals surface area contributed by atoms with Crippen molar-refractivity contribution in [1.29, 1.82) is 0 Å². The minimum Gasteiger partial charge on any atom is -0.396 e. The average Bonchev–Trinajstić information content (AvgIpc) is 2.24. The highest BCUT2D eigenvalue weighted by Crippen LogP contribution is 2.06. The van der Waals surface area contributed by atoms with E-state index in [1.807, 2.05) is 6.07 Å². The summed E-state index contributed by atoms with van der Waals surface area (Å²) in [5, 5.41) is 8.71. The maximum atomic E-state index is 11.5. The van der Waals surface area contributed by atoms with Gasteiger partial charge in [0.05, 0.1) is 18.5 Å². The van der Waals surface area contributed by atoms with Gasteiger partial charge in [-0.1, -0.05) is 6.07 Å². The molecule has 0 aliphatic heterocycles. The van der Waals surface area contributed by atoms with Gasteiger partial charge in [-0.3, -0.25) is 4.98 Å². The molecule has 0 fully saturated rings. The summed E-state index contributed by atoms with van der Waals surface area (Å²) in [4.78, 5) is 4.07. The summed E-state index contributed by atoms with van der Waals surface area (Å²) in [5.41, 5.74) is 0.700. The molecule has 0 bridgehead atoms. The monoisotopic (exact) mass is 244 g/mol. The SMILES string of the molecule is CS(=O)(=O)N(CCCO)Cc1ccccn1. The summed E-state index contributed by atoms with van der Waals surface area (Å²) < 4.78 is 24.2. The first-order valence-corrected chi connectivity index (χ1v) is 6.85. The molecule has 0 aliphatic rings. The number of hydrogen-bond acceptors (Lipinski definition) is 4. The zero-order valence-electron chi connectivity index (χ0n) is 9.20. The maximum absolute atomic E-state index is 11.5. The van der Waals surface area contributed by atoms with Crippen molar-refractivity contribution in [3.63, 3.8) is 0 Å². The fraction of sp³-hybridized carbons (Fsp3) is 0.500. The van der Waals surface area contributed by atoms with Crippen molar-refractivity contribution < 1.29 is 13.5 Å². The highest BCUT2D eigenvalue weighted by atomic mass is 32.2. The number of pyridine rings is 1. The Morgan fingerprint density at radius 2 is 2.19 bits per heavy atom. The van der Waals surface area contributed by atoms with Crippen LogP contribution in [0.3, 0.4) is 0 Å². The fourth-order valence-electron chi connectivity index (χ4n) is 1.28. The number of hydrogen-bond donors (Lipinski definition) is 1. The number of aromatic nitrogens is 1. The Labute approximate surface area is 95.8 Å². The van der Waals surface area contributed by atoms with Crippen LogP contribution in [0.5, 0.6) is 0 Å². The zero-order chi connectivity index (χ0) is 12.0. The van der Waals surface area contributed by atoms with Crippen LogP contribution in [0.1, 0.15) is 12.1 Å². The van der Waals surface area contributed by atoms with Gasteiger partial charge in [0.1, 0.15) is 0 Å². The first-order chi connectivity index (χ1) is 7.54. The van der Waals surface area contributed by atoms with Crippen LogP contribution in [0.15, 0.2) is 24.4 Å². The lowest BCUT2D eigenvalue weighted by atomic mass is 10.3. The van der Waals surface area contributed by atoms with Crippen LogP contribution in [-0.4, -0.2) is 42.2 Å². The molecule has 16 heavy (non-hydrogen) atoms. The van der Waals surface area contributed by atoms with Gasteiger partial charge in [0.2, 0.25) is 10.0 Å². The van der Waals surface area contributed by atoms with Crippen LogP contribution < -0.4 is 0 Å². The van der Waals surface area contributed by atoms with E-state index in [9.17, 15) is 8.42 Å². The fourth-order valence-corrected chi connectivity index (χ4v) is 2.11. The molecule has 0 saturated heterocycles. The topological polar surface area (TPSA) is 70.5 Å². The van der Waals surface area contributed by atoms with Gasteiger partial charge in [0.25, 0.3) is 0 Å². The second-order valence-corrected chi connectivity index (χ2v) is 5.48. The Morgan fingerprint density at radius 1 is 1.44 bits per heavy atom. The third kappa shape index (κ3) is 4.26. The average molecular weight is 244 g/mol. The molecule has 1 heterocycles. The highest BCUT2D eigenvalue weighted by Gasteiger charge is 2.16. The zero-order valence-corrected chi connectivity index (χ0v) is 10.0. The van der Waals surface area contributed by atoms with Crippen molar-refractivity contribution in [3.8, 4) is 0 Å². The van der Waals surface area contributed by atoms with Crippen molar-refractivity contribution in [2.75, 3.05) is 19.4 Å². The van der Waals surface area contributed by atoms with Gasteiger partial charge in [0.15, 0.2) is 0 Å². The Morgan fingerprint density at radius 3 is 2.69 bits per heavy atom. The van der Waals surface area contributed by atoms with E-state index in [0.717, 1.165) is 6.26 Å². The van der Waals surface area contributed by atoms with E-state index in [-0.39, 0.29) is 13.2 Å². The lowest BCUT2D eigenvalue weighted by molar-refractivity contribution is 0.267. The third-order valence-electron chi connectivity index (χ3n) is 2.10. The van der Waals surface area contributed by atoms with E-state index in [1.165, 1.54) is 4.31 Å². The standard InChI is InChI=1S/C10H16N2O3S/c1-16(14,15)12(7-4-8-13)9-10-5-2-3-6-11-10/h2-3,5-6,13H,4,7-9H2,1H3. The summed E-state index contributed by atoms with van der Waals surface area (Å²) in [6.45, 7) is 0.541. The lowest BCUT2D eigenvalue weighted by Crippen LogP contribution is -2.31. The summed E-state index contributed by atoms with van der Waals surface area (Å²) in [5.74, 6) is 0. The molecule has 1 rings (SSSR count). The molecule has 1 N–H and O–H groups in total. The van der Waals surface area contributed by atoms with E-state index < -0.39 is 10.0 Å². The Hall–Kier alpha value is -0.980. The Balaban J connectivity index is 2.72. The largest absolute Gasteiger partial charge is 0.396 e. The van der Waals surface area contributed by atoms with Gasteiger partial charge >= 0.3 is 0 Å². The molecular formula is C10H16N2O3S. The Bertz CT molecular complexity index is 405. The number of aliphatic hydroxyl groups is 1. The third-order valence-corrected chi connectivity index (χ3v) is 3.35. The molecule has 0 radical (unpaired) electrons. The maximum Gasteiger partial charge on any atom is 0.211 e. The minimum atomic E-state index is -3.25. The van der Waals surface area contributed by atoms with Crippen molar-refractivity contribution >= 4 is 10.0 Å². The molecule has 0 saturated carbocycles. The van der Waals surface area contributed by atoms with Gasteiger partial charge < -0.3 is 5.11 Å². The van der Waals surface area contributed by atoms with Crippen LogP contribution >= 0.6 is 0 Å². The molecule has 0 unspecified atom stereocenters. The predicted molar refractivity (Wildman–Crippen MR) is 61.2 cm³/mol. The molecule has 0 aromatic carbocycles. The lowest BCUT2D eigenvalue weighted by Gasteiger charge is -2.18. The van der Waals surface area contributed by atoms with Gasteiger partial charge in [-0.15, -0.1) is 0 Å². The van der Waals surface area contributed by atoms with Crippen molar-refractivity contribution in [1.82, 2.24) is 9.29 Å². The van der Waals surface area contributed by atoms with E-state index in [2.05, 4.69) is 4.98 Å². The molecule has 0 atom stereocenters. The van der Waals surface area contributed by atoms with Crippen molar-refractivity contribution in [3.05, 3.63) is 30.1 Å². The van der Waals surface area contributed by atoms with E-state index in [0.29, 0.717) is 18.7 Å². The Kier molecular flexibility index (Phi) is 4.85. The van der Waals surface area contributed by atoms with Gasteiger partial charge in [-0.2, -0.15) is 4.31 Å². The molecular weight excluding hydrogens is 228 g/mol. The second-order valence-electron chi connectivity index (χ2n) is 3.49. The molecule has 6 heteroatoms. The molecule has 5 nitrogen and oxygen atoms in total. The molecule has 0 aliphatic carbocycles. The number of aliphatic hydroxyl groups excluding tert-OH is 1. The molecule has 1 aromatic heterocycles. The summed E-state index contributed by atoms with van der Waals surface area (Å²) >= 11 is 0. The van der Waals surface area contributed by atoms with Crippen LogP contribution in [0, 0.1) is 0 Å². The predicted octanol–water partition coefficient (Wildman–Crippen LogP) is 0.226. The molecule has 1 aromatic rings. The van der Waals surface area contributed by atoms with Crippen LogP contribution in [0.2, 0.25) is 0 Å². The normalized spacial score (nSPS) is 11.9. The van der Waals surface area contributed by atoms with Crippen LogP contribution in [0.25, 0.3) is 0 Å². The summed E-state index contributed by atoms with van der Waals surface area (Å²) in [6.07, 6.45) is 3.22. The van der Waals surface area contributed by atoms with E-state index in [4.69, 9.17) is 5.11 Å². The molecule has 0 amide bonds. The van der Waals surface area contributed by atoms with Crippen LogP contribution in [-0.2, 0) is 16.6 Å². The van der Waals surface area contributed by atoms with Gasteiger partial charge in [0, 0.05) is 19.3 Å². The first kappa shape index (κ1) is 13.1. The van der Waals surface area contributed by atoms with Crippen LogP contribution in [0.4, 0.5) is 0 Å². The number of nitrogens with zero attached hydrogens (tertiary/aromatic N) is 2. The number of rotatable bonds is 6. The van der Waals surface area contributed by atoms with Gasteiger partial charge in [-0.25, -0.2) is 8.42 Å². The number of sulfonamides is 1.